The number of nitrogens with zero attached hydrogens (tertiary/aromatic N) is 3. The van der Waals surface area contributed by atoms with Crippen LogP contribution in [-0.2, 0) is 0 Å². The summed E-state index contributed by atoms with van der Waals surface area (Å²) in [6.45, 7) is 7.58. The molecule has 3 aromatic carbocycles. The van der Waals surface area contributed by atoms with Crippen LogP contribution in [0.4, 0.5) is 0 Å². The van der Waals surface area contributed by atoms with Crippen LogP contribution < -0.4 is 16.0 Å². The molecule has 2 aromatic heterocycles. The van der Waals surface area contributed by atoms with Gasteiger partial charge in [0.25, 0.3) is 5.56 Å². The summed E-state index contributed by atoms with van der Waals surface area (Å²) in [6.07, 6.45) is 2.12. The molecule has 6 nitrogen and oxygen atoms in total. The van der Waals surface area contributed by atoms with Crippen molar-refractivity contribution in [2.24, 2.45) is 0 Å². The van der Waals surface area contributed by atoms with Gasteiger partial charge in [0, 0.05) is 12.4 Å². The van der Waals surface area contributed by atoms with Gasteiger partial charge in [-0.15, -0.1) is 0 Å². The van der Waals surface area contributed by atoms with Crippen LogP contribution in [-0.4, -0.2) is 13.7 Å². The quantitative estimate of drug-likeness (QED) is 0.366. The number of fused-ring (bicyclic) bond motifs is 5. The minimum Gasteiger partial charge on any atom is -0.477 e. The van der Waals surface area contributed by atoms with Gasteiger partial charge in [-0.2, -0.15) is 0 Å². The molecule has 35 heavy (non-hydrogen) atoms. The van der Waals surface area contributed by atoms with Gasteiger partial charge in [0.2, 0.25) is 0 Å². The average Bonchev–Trinajstić information content (AvgIpc) is 3.26. The van der Waals surface area contributed by atoms with Gasteiger partial charge >= 0.3 is 5.69 Å². The topological polar surface area (TPSA) is 58.2 Å². The largest absolute Gasteiger partial charge is 0.477 e. The van der Waals surface area contributed by atoms with Crippen molar-refractivity contribution in [3.63, 3.8) is 0 Å². The first-order chi connectivity index (χ1) is 17.2. The van der Waals surface area contributed by atoms with Crippen LogP contribution in [0.5, 0.6) is 5.75 Å². The first-order valence-corrected chi connectivity index (χ1v) is 11.2. The molecule has 5 aromatic rings. The van der Waals surface area contributed by atoms with E-state index in [0.29, 0.717) is 28.0 Å². The van der Waals surface area contributed by atoms with Crippen molar-refractivity contribution in [3.8, 4) is 22.7 Å². The van der Waals surface area contributed by atoms with Crippen molar-refractivity contribution in [2.75, 3.05) is 0 Å². The van der Waals surface area contributed by atoms with Gasteiger partial charge in [0.1, 0.15) is 5.75 Å². The zero-order valence-corrected chi connectivity index (χ0v) is 18.8. The molecule has 1 aliphatic rings. The summed E-state index contributed by atoms with van der Waals surface area (Å²) >= 11 is 0. The van der Waals surface area contributed by atoms with E-state index in [1.165, 1.54) is 17.0 Å². The molecule has 0 aliphatic carbocycles. The number of para-hydroxylation sites is 2. The zero-order valence-electron chi connectivity index (χ0n) is 18.8. The molecule has 3 heterocycles. The van der Waals surface area contributed by atoms with Crippen LogP contribution in [0.2, 0.25) is 0 Å². The second-order valence-electron chi connectivity index (χ2n) is 8.23. The summed E-state index contributed by atoms with van der Waals surface area (Å²) < 4.78 is 11.0. The summed E-state index contributed by atoms with van der Waals surface area (Å²) in [4.78, 5) is 27.1. The third-order valence-electron chi connectivity index (χ3n) is 6.38. The molecule has 0 spiro atoms. The van der Waals surface area contributed by atoms with E-state index in [9.17, 15) is 9.59 Å². The predicted octanol–water partition coefficient (Wildman–Crippen LogP) is 5.30. The fraction of sp³-hybridized carbons (Fsp3) is 0.0345. The van der Waals surface area contributed by atoms with Crippen molar-refractivity contribution in [1.82, 2.24) is 13.7 Å². The monoisotopic (exact) mass is 459 g/mol. The van der Waals surface area contributed by atoms with Crippen LogP contribution in [0.25, 0.3) is 40.2 Å². The zero-order chi connectivity index (χ0) is 24.1. The lowest BCUT2D eigenvalue weighted by molar-refractivity contribution is 0.229. The summed E-state index contributed by atoms with van der Waals surface area (Å²) in [7, 11) is 0. The van der Waals surface area contributed by atoms with Gasteiger partial charge in [-0.1, -0.05) is 86.0 Å². The molecule has 0 saturated carbocycles. The highest BCUT2D eigenvalue weighted by atomic mass is 16.5. The Morgan fingerprint density at radius 1 is 0.771 bits per heavy atom. The fourth-order valence-electron chi connectivity index (χ4n) is 4.91. The highest BCUT2D eigenvalue weighted by Crippen LogP contribution is 2.46. The maximum absolute atomic E-state index is 13.8. The highest BCUT2D eigenvalue weighted by Gasteiger charge is 2.36. The van der Waals surface area contributed by atoms with E-state index in [4.69, 9.17) is 4.74 Å². The molecule has 1 atom stereocenters. The van der Waals surface area contributed by atoms with Gasteiger partial charge in [-0.3, -0.25) is 9.36 Å². The molecular formula is C29H21N3O3. The van der Waals surface area contributed by atoms with Crippen molar-refractivity contribution >= 4 is 23.3 Å². The number of rotatable bonds is 4. The Balaban J connectivity index is 1.92. The number of hydrogen-bond donors (Lipinski definition) is 0. The molecule has 170 valence electrons. The second-order valence-corrected chi connectivity index (χ2v) is 8.23. The third kappa shape index (κ3) is 2.90. The Morgan fingerprint density at radius 2 is 1.40 bits per heavy atom. The van der Waals surface area contributed by atoms with Gasteiger partial charge < -0.3 is 9.30 Å². The standard InChI is InChI=1S/C29H21N3O3/c1-3-30-25-23(28(33)31(4-2)29(30)34)24(19-13-7-5-8-14-19)32-21-17-11-12-18-22(21)35-27(26(25)32)20-15-9-6-10-16-20/h3-18,27H,1-2H2. The fourth-order valence-corrected chi connectivity index (χ4v) is 4.91. The van der Waals surface area contributed by atoms with Gasteiger partial charge in [-0.05, 0) is 23.3 Å². The lowest BCUT2D eigenvalue weighted by Crippen LogP contribution is -2.35. The molecule has 0 N–H and O–H groups in total. The van der Waals surface area contributed by atoms with E-state index < -0.39 is 17.4 Å². The first kappa shape index (κ1) is 20.7. The number of aromatic nitrogens is 3. The molecule has 0 amide bonds. The van der Waals surface area contributed by atoms with Crippen molar-refractivity contribution in [3.05, 3.63) is 130 Å². The molecule has 0 radical (unpaired) electrons. The Labute approximate surface area is 200 Å². The van der Waals surface area contributed by atoms with Gasteiger partial charge in [0.05, 0.1) is 28.0 Å². The number of hydrogen-bond acceptors (Lipinski definition) is 3. The molecule has 0 saturated heterocycles. The summed E-state index contributed by atoms with van der Waals surface area (Å²) in [5.74, 6) is 0.683. The van der Waals surface area contributed by atoms with E-state index in [1.54, 1.807) is 0 Å². The van der Waals surface area contributed by atoms with E-state index in [0.717, 1.165) is 21.4 Å². The van der Waals surface area contributed by atoms with Crippen molar-refractivity contribution in [2.45, 2.75) is 6.10 Å². The molecule has 0 bridgehead atoms. The predicted molar refractivity (Wildman–Crippen MR) is 139 cm³/mol. The molecule has 6 rings (SSSR count). The first-order valence-electron chi connectivity index (χ1n) is 11.2. The minimum absolute atomic E-state index is 0.395. The summed E-state index contributed by atoms with van der Waals surface area (Å²) in [6, 6.07) is 27.2. The van der Waals surface area contributed by atoms with Gasteiger partial charge in [0.15, 0.2) is 6.10 Å². The Kier molecular flexibility index (Phi) is 4.67. The van der Waals surface area contributed by atoms with Crippen LogP contribution >= 0.6 is 0 Å². The lowest BCUT2D eigenvalue weighted by atomic mass is 10.0. The third-order valence-corrected chi connectivity index (χ3v) is 6.38. The van der Waals surface area contributed by atoms with E-state index >= 15 is 0 Å². The average molecular weight is 460 g/mol. The maximum Gasteiger partial charge on any atom is 0.339 e. The molecule has 6 heteroatoms. The van der Waals surface area contributed by atoms with Crippen LogP contribution in [0.1, 0.15) is 17.4 Å². The summed E-state index contributed by atoms with van der Waals surface area (Å²) in [5, 5.41) is 0.395. The number of benzene rings is 3. The van der Waals surface area contributed by atoms with E-state index in [2.05, 4.69) is 13.2 Å². The second kappa shape index (κ2) is 7.88. The highest BCUT2D eigenvalue weighted by molar-refractivity contribution is 5.99. The Bertz CT molecular complexity index is 1740. The van der Waals surface area contributed by atoms with E-state index in [-0.39, 0.29) is 0 Å². The van der Waals surface area contributed by atoms with Crippen LogP contribution in [0.3, 0.4) is 0 Å². The molecule has 1 unspecified atom stereocenters. The number of ether oxygens (including phenoxy) is 1. The minimum atomic E-state index is -0.560. The SMILES string of the molecule is C=Cn1c(=O)c2c(-c3ccccc3)n3c(c2n(C=C)c1=O)C(c1ccccc1)Oc1ccccc1-3. The summed E-state index contributed by atoms with van der Waals surface area (Å²) in [5.41, 5.74) is 3.40. The van der Waals surface area contributed by atoms with Crippen molar-refractivity contribution < 1.29 is 4.74 Å². The smallest absolute Gasteiger partial charge is 0.339 e. The van der Waals surface area contributed by atoms with Crippen LogP contribution in [0, 0.1) is 0 Å². The van der Waals surface area contributed by atoms with E-state index in [1.807, 2.05) is 89.5 Å². The normalized spacial score (nSPS) is 14.1. The van der Waals surface area contributed by atoms with Crippen molar-refractivity contribution in [1.29, 1.82) is 0 Å². The molecular weight excluding hydrogens is 438 g/mol. The molecule has 1 aliphatic heterocycles. The molecule has 0 fully saturated rings. The lowest BCUT2D eigenvalue weighted by Gasteiger charge is -2.30. The van der Waals surface area contributed by atoms with Crippen LogP contribution in [0.15, 0.2) is 108 Å². The Hall–Kier alpha value is -4.84. The maximum atomic E-state index is 13.8. The van der Waals surface area contributed by atoms with Gasteiger partial charge in [-0.25, -0.2) is 9.36 Å². The Morgan fingerprint density at radius 3 is 2.09 bits per heavy atom.